The molecule has 1 aliphatic rings. The lowest BCUT2D eigenvalue weighted by molar-refractivity contribution is -0.123. The molecule has 1 aromatic carbocycles. The third-order valence-corrected chi connectivity index (χ3v) is 5.98. The Balaban J connectivity index is 1.83. The number of benzene rings is 1. The van der Waals surface area contributed by atoms with Crippen molar-refractivity contribution in [2.45, 2.75) is 39.0 Å². The van der Waals surface area contributed by atoms with E-state index in [1.165, 1.54) is 0 Å². The first-order valence-electron chi connectivity index (χ1n) is 10.6. The summed E-state index contributed by atoms with van der Waals surface area (Å²) in [5.74, 6) is 0.822. The molecular weight excluding hydrogens is 416 g/mol. The molecule has 3 rings (SSSR count). The summed E-state index contributed by atoms with van der Waals surface area (Å²) in [5.41, 5.74) is 2.69. The van der Waals surface area contributed by atoms with Gasteiger partial charge in [-0.15, -0.1) is 0 Å². The predicted octanol–water partition coefficient (Wildman–Crippen LogP) is 2.79. The van der Waals surface area contributed by atoms with Gasteiger partial charge in [-0.3, -0.25) is 14.5 Å². The molecule has 0 atom stereocenters. The summed E-state index contributed by atoms with van der Waals surface area (Å²) in [6.07, 6.45) is 6.95. The standard InChI is InChI=1S/C22H30N4O4S/c1-4-5-6-18-15-23-20(16-7-9-19(30-2)10-8-16)21(24-18)26-13-11-17(12-14-26)22(27)25-31(3,28)29/h7-10,15,17H,4-6,11-14H2,1-3H3,(H,25,27). The van der Waals surface area contributed by atoms with Crippen molar-refractivity contribution in [2.24, 2.45) is 5.92 Å². The largest absolute Gasteiger partial charge is 0.497 e. The van der Waals surface area contributed by atoms with Gasteiger partial charge in [-0.2, -0.15) is 0 Å². The van der Waals surface area contributed by atoms with Gasteiger partial charge in [-0.25, -0.2) is 13.4 Å². The molecule has 0 unspecified atom stereocenters. The van der Waals surface area contributed by atoms with Crippen LogP contribution >= 0.6 is 0 Å². The lowest BCUT2D eigenvalue weighted by Crippen LogP contribution is -2.42. The summed E-state index contributed by atoms with van der Waals surface area (Å²) in [6, 6.07) is 7.72. The average Bonchev–Trinajstić information content (AvgIpc) is 2.76. The van der Waals surface area contributed by atoms with E-state index < -0.39 is 15.9 Å². The number of carbonyl (C=O) groups is 1. The van der Waals surface area contributed by atoms with Gasteiger partial charge in [-0.05, 0) is 49.9 Å². The summed E-state index contributed by atoms with van der Waals surface area (Å²) >= 11 is 0. The van der Waals surface area contributed by atoms with E-state index in [1.54, 1.807) is 7.11 Å². The second-order valence-corrected chi connectivity index (χ2v) is 9.61. The van der Waals surface area contributed by atoms with Crippen LogP contribution in [0.4, 0.5) is 5.82 Å². The fourth-order valence-corrected chi connectivity index (χ4v) is 4.22. The lowest BCUT2D eigenvalue weighted by atomic mass is 9.96. The highest BCUT2D eigenvalue weighted by molar-refractivity contribution is 7.89. The lowest BCUT2D eigenvalue weighted by Gasteiger charge is -2.33. The second kappa shape index (κ2) is 10.1. The van der Waals surface area contributed by atoms with Crippen molar-refractivity contribution in [3.8, 4) is 17.0 Å². The van der Waals surface area contributed by atoms with Crippen molar-refractivity contribution in [1.82, 2.24) is 14.7 Å². The van der Waals surface area contributed by atoms with Crippen LogP contribution in [0, 0.1) is 5.92 Å². The Bertz CT molecular complexity index is 1000. The fraction of sp³-hybridized carbons (Fsp3) is 0.500. The first-order valence-corrected chi connectivity index (χ1v) is 12.5. The van der Waals surface area contributed by atoms with Crippen LogP contribution in [0.25, 0.3) is 11.3 Å². The van der Waals surface area contributed by atoms with Crippen LogP contribution in [0.5, 0.6) is 5.75 Å². The number of aryl methyl sites for hydroxylation is 1. The number of nitrogens with one attached hydrogen (secondary N) is 1. The zero-order chi connectivity index (χ0) is 22.4. The van der Waals surface area contributed by atoms with E-state index in [0.717, 1.165) is 54.0 Å². The summed E-state index contributed by atoms with van der Waals surface area (Å²) in [4.78, 5) is 24.0. The molecule has 31 heavy (non-hydrogen) atoms. The van der Waals surface area contributed by atoms with E-state index in [0.29, 0.717) is 25.9 Å². The molecule has 0 spiro atoms. The number of rotatable bonds is 8. The Morgan fingerprint density at radius 2 is 1.90 bits per heavy atom. The number of hydrogen-bond acceptors (Lipinski definition) is 7. The molecule has 8 nitrogen and oxygen atoms in total. The Kier molecular flexibility index (Phi) is 7.48. The minimum Gasteiger partial charge on any atom is -0.497 e. The highest BCUT2D eigenvalue weighted by Gasteiger charge is 2.28. The number of piperidine rings is 1. The molecule has 1 amide bonds. The molecule has 2 aromatic rings. The van der Waals surface area contributed by atoms with Gasteiger partial charge in [0.25, 0.3) is 0 Å². The number of anilines is 1. The van der Waals surface area contributed by atoms with Crippen molar-refractivity contribution >= 4 is 21.7 Å². The van der Waals surface area contributed by atoms with Gasteiger partial charge in [0, 0.05) is 30.8 Å². The number of amides is 1. The van der Waals surface area contributed by atoms with Crippen LogP contribution in [0.15, 0.2) is 30.5 Å². The van der Waals surface area contributed by atoms with Crippen LogP contribution in [0.1, 0.15) is 38.3 Å². The number of unbranched alkanes of at least 4 members (excludes halogenated alkanes) is 1. The van der Waals surface area contributed by atoms with Crippen LogP contribution < -0.4 is 14.4 Å². The van der Waals surface area contributed by atoms with Crippen molar-refractivity contribution in [3.63, 3.8) is 0 Å². The third kappa shape index (κ3) is 6.16. The number of ether oxygens (including phenoxy) is 1. The van der Waals surface area contributed by atoms with E-state index in [1.807, 2.05) is 30.5 Å². The zero-order valence-corrected chi connectivity index (χ0v) is 19.1. The monoisotopic (exact) mass is 446 g/mol. The van der Waals surface area contributed by atoms with Gasteiger partial charge in [0.2, 0.25) is 15.9 Å². The van der Waals surface area contributed by atoms with Crippen LogP contribution in [0.3, 0.4) is 0 Å². The molecule has 1 fully saturated rings. The maximum Gasteiger partial charge on any atom is 0.236 e. The predicted molar refractivity (Wildman–Crippen MR) is 121 cm³/mol. The van der Waals surface area contributed by atoms with Crippen LogP contribution in [-0.2, 0) is 21.2 Å². The number of aromatic nitrogens is 2. The minimum absolute atomic E-state index is 0.327. The van der Waals surface area contributed by atoms with Crippen molar-refractivity contribution in [3.05, 3.63) is 36.2 Å². The van der Waals surface area contributed by atoms with Gasteiger partial charge in [0.05, 0.1) is 19.1 Å². The minimum atomic E-state index is -3.55. The molecule has 1 aliphatic heterocycles. The maximum absolute atomic E-state index is 12.2. The van der Waals surface area contributed by atoms with Crippen molar-refractivity contribution < 1.29 is 17.9 Å². The van der Waals surface area contributed by atoms with E-state index in [-0.39, 0.29) is 5.92 Å². The van der Waals surface area contributed by atoms with Crippen molar-refractivity contribution in [2.75, 3.05) is 31.4 Å². The number of nitrogens with zero attached hydrogens (tertiary/aromatic N) is 3. The number of methoxy groups -OCH3 is 1. The van der Waals surface area contributed by atoms with Gasteiger partial charge in [-0.1, -0.05) is 13.3 Å². The van der Waals surface area contributed by atoms with Crippen LogP contribution in [0.2, 0.25) is 0 Å². The highest BCUT2D eigenvalue weighted by Crippen LogP contribution is 2.31. The summed E-state index contributed by atoms with van der Waals surface area (Å²) < 4.78 is 30.1. The van der Waals surface area contributed by atoms with Gasteiger partial charge in [0.15, 0.2) is 5.82 Å². The van der Waals surface area contributed by atoms with E-state index in [9.17, 15) is 13.2 Å². The summed E-state index contributed by atoms with van der Waals surface area (Å²) in [6.45, 7) is 3.36. The van der Waals surface area contributed by atoms with Crippen molar-refractivity contribution in [1.29, 1.82) is 0 Å². The Labute approximate surface area is 184 Å². The molecule has 1 saturated heterocycles. The first kappa shape index (κ1) is 23.0. The number of sulfonamides is 1. The molecule has 2 heterocycles. The van der Waals surface area contributed by atoms with E-state index in [4.69, 9.17) is 14.7 Å². The van der Waals surface area contributed by atoms with E-state index in [2.05, 4.69) is 16.5 Å². The SMILES string of the molecule is CCCCc1cnc(-c2ccc(OC)cc2)c(N2CCC(C(=O)NS(C)(=O)=O)CC2)n1. The third-order valence-electron chi connectivity index (χ3n) is 5.41. The fourth-order valence-electron chi connectivity index (χ4n) is 3.69. The molecular formula is C22H30N4O4S. The number of carbonyl (C=O) groups excluding carboxylic acids is 1. The maximum atomic E-state index is 12.2. The van der Waals surface area contributed by atoms with E-state index >= 15 is 0 Å². The topological polar surface area (TPSA) is 101 Å². The molecule has 168 valence electrons. The average molecular weight is 447 g/mol. The normalized spacial score (nSPS) is 15.0. The molecule has 0 saturated carbocycles. The smallest absolute Gasteiger partial charge is 0.236 e. The molecule has 0 radical (unpaired) electrons. The highest BCUT2D eigenvalue weighted by atomic mass is 32.2. The molecule has 9 heteroatoms. The van der Waals surface area contributed by atoms with Gasteiger partial charge < -0.3 is 9.64 Å². The number of hydrogen-bond donors (Lipinski definition) is 1. The quantitative estimate of drug-likeness (QED) is 0.665. The zero-order valence-electron chi connectivity index (χ0n) is 18.3. The van der Waals surface area contributed by atoms with Crippen LogP contribution in [-0.4, -0.2) is 50.7 Å². The van der Waals surface area contributed by atoms with Gasteiger partial charge >= 0.3 is 0 Å². The summed E-state index contributed by atoms with van der Waals surface area (Å²) in [7, 11) is -1.92. The molecule has 1 N–H and O–H groups in total. The summed E-state index contributed by atoms with van der Waals surface area (Å²) in [5, 5.41) is 0. The Morgan fingerprint density at radius 1 is 1.23 bits per heavy atom. The molecule has 0 aliphatic carbocycles. The molecule has 0 bridgehead atoms. The Morgan fingerprint density at radius 3 is 2.48 bits per heavy atom. The first-order chi connectivity index (χ1) is 14.8. The Hall–Kier alpha value is -2.68. The molecule has 1 aromatic heterocycles. The second-order valence-electron chi connectivity index (χ2n) is 7.87. The van der Waals surface area contributed by atoms with Gasteiger partial charge in [0.1, 0.15) is 11.4 Å².